The highest BCUT2D eigenvalue weighted by Gasteiger charge is 2.45. The lowest BCUT2D eigenvalue weighted by molar-refractivity contribution is -0.384. The molecule has 1 saturated carbocycles. The van der Waals surface area contributed by atoms with Crippen molar-refractivity contribution in [3.63, 3.8) is 0 Å². The molecule has 0 aromatic heterocycles. The van der Waals surface area contributed by atoms with E-state index in [1.807, 2.05) is 0 Å². The summed E-state index contributed by atoms with van der Waals surface area (Å²) in [5.74, 6) is -0.801. The number of aliphatic carboxylic acids is 1. The van der Waals surface area contributed by atoms with Crippen molar-refractivity contribution >= 4 is 17.3 Å². The Morgan fingerprint density at radius 2 is 2.11 bits per heavy atom. The Morgan fingerprint density at radius 3 is 2.63 bits per heavy atom. The average Bonchev–Trinajstić information content (AvgIpc) is 2.73. The van der Waals surface area contributed by atoms with E-state index in [2.05, 4.69) is 5.32 Å². The van der Waals surface area contributed by atoms with Gasteiger partial charge in [0.2, 0.25) is 0 Å². The number of hydrogen-bond acceptors (Lipinski definition) is 4. The zero-order chi connectivity index (χ0) is 14.0. The van der Waals surface area contributed by atoms with Crippen molar-refractivity contribution in [2.75, 3.05) is 5.32 Å². The summed E-state index contributed by atoms with van der Waals surface area (Å²) in [6.07, 6.45) is 2.31. The minimum absolute atomic E-state index is 0.0259. The molecule has 0 saturated heterocycles. The predicted octanol–water partition coefficient (Wildman–Crippen LogP) is 2.65. The van der Waals surface area contributed by atoms with Gasteiger partial charge in [0.25, 0.3) is 5.69 Å². The van der Waals surface area contributed by atoms with Gasteiger partial charge in [-0.15, -0.1) is 0 Å². The summed E-state index contributed by atoms with van der Waals surface area (Å²) in [5.41, 5.74) is -0.0372. The minimum atomic E-state index is -0.801. The van der Waals surface area contributed by atoms with Crippen molar-refractivity contribution in [3.05, 3.63) is 34.4 Å². The van der Waals surface area contributed by atoms with Gasteiger partial charge in [-0.05, 0) is 31.9 Å². The van der Waals surface area contributed by atoms with Gasteiger partial charge in [-0.25, -0.2) is 0 Å². The highest BCUT2D eigenvalue weighted by atomic mass is 16.6. The molecule has 1 aromatic carbocycles. The highest BCUT2D eigenvalue weighted by molar-refractivity contribution is 5.76. The third kappa shape index (κ3) is 2.52. The van der Waals surface area contributed by atoms with Crippen LogP contribution in [0, 0.1) is 15.5 Å². The molecule has 0 bridgehead atoms. The summed E-state index contributed by atoms with van der Waals surface area (Å²) in [6, 6.07) is 5.90. The zero-order valence-electron chi connectivity index (χ0n) is 10.6. The molecule has 0 aliphatic heterocycles. The molecule has 0 heterocycles. The van der Waals surface area contributed by atoms with Crippen LogP contribution >= 0.6 is 0 Å². The van der Waals surface area contributed by atoms with E-state index >= 15 is 0 Å². The van der Waals surface area contributed by atoms with E-state index in [-0.39, 0.29) is 11.7 Å². The van der Waals surface area contributed by atoms with Gasteiger partial charge in [0, 0.05) is 23.9 Å². The van der Waals surface area contributed by atoms with E-state index in [9.17, 15) is 20.0 Å². The van der Waals surface area contributed by atoms with Crippen molar-refractivity contribution in [2.45, 2.75) is 32.2 Å². The maximum absolute atomic E-state index is 11.3. The van der Waals surface area contributed by atoms with E-state index in [0.29, 0.717) is 12.1 Å². The van der Waals surface area contributed by atoms with E-state index in [0.717, 1.165) is 12.8 Å². The molecule has 102 valence electrons. The zero-order valence-corrected chi connectivity index (χ0v) is 10.6. The fraction of sp³-hybridized carbons (Fsp3) is 0.462. The van der Waals surface area contributed by atoms with Gasteiger partial charge in [0.05, 0.1) is 10.3 Å². The van der Waals surface area contributed by atoms with E-state index in [1.54, 1.807) is 19.1 Å². The molecule has 19 heavy (non-hydrogen) atoms. The predicted molar refractivity (Wildman–Crippen MR) is 70.1 cm³/mol. The number of nitro benzene ring substituents is 1. The van der Waals surface area contributed by atoms with Crippen LogP contribution in [0.5, 0.6) is 0 Å². The van der Waals surface area contributed by atoms with E-state index in [1.165, 1.54) is 12.1 Å². The van der Waals surface area contributed by atoms with Gasteiger partial charge < -0.3 is 10.4 Å². The second kappa shape index (κ2) is 4.87. The Bertz CT molecular complexity index is 500. The number of carboxylic acids is 1. The normalized spacial score (nSPS) is 26.1. The number of carbonyl (C=O) groups is 1. The first-order chi connectivity index (χ1) is 8.93. The van der Waals surface area contributed by atoms with Crippen molar-refractivity contribution in [1.29, 1.82) is 0 Å². The largest absolute Gasteiger partial charge is 0.481 e. The molecule has 6 nitrogen and oxygen atoms in total. The number of nitrogens with zero attached hydrogens (tertiary/aromatic N) is 1. The second-order valence-corrected chi connectivity index (χ2v) is 5.12. The number of nitro groups is 1. The first kappa shape index (κ1) is 13.3. The molecule has 2 atom stereocenters. The smallest absolute Gasteiger partial charge is 0.311 e. The van der Waals surface area contributed by atoms with E-state index in [4.69, 9.17) is 0 Å². The number of rotatable bonds is 4. The van der Waals surface area contributed by atoms with Crippen LogP contribution in [0.3, 0.4) is 0 Å². The third-order valence-electron chi connectivity index (χ3n) is 3.87. The topological polar surface area (TPSA) is 92.5 Å². The molecule has 6 heteroatoms. The van der Waals surface area contributed by atoms with Crippen molar-refractivity contribution in [1.82, 2.24) is 0 Å². The van der Waals surface area contributed by atoms with Crippen molar-refractivity contribution in [2.24, 2.45) is 5.41 Å². The van der Waals surface area contributed by atoms with Crippen LogP contribution < -0.4 is 5.32 Å². The fourth-order valence-electron chi connectivity index (χ4n) is 2.53. The number of nitrogens with one attached hydrogen (secondary N) is 1. The van der Waals surface area contributed by atoms with Crippen LogP contribution in [0.2, 0.25) is 0 Å². The molecule has 2 N–H and O–H groups in total. The number of non-ortho nitro benzene ring substituents is 1. The van der Waals surface area contributed by atoms with Crippen LogP contribution in [0.15, 0.2) is 24.3 Å². The van der Waals surface area contributed by atoms with E-state index < -0.39 is 16.3 Å². The summed E-state index contributed by atoms with van der Waals surface area (Å²) < 4.78 is 0. The molecule has 2 rings (SSSR count). The molecular weight excluding hydrogens is 248 g/mol. The molecular formula is C13H16N2O4. The van der Waals surface area contributed by atoms with Gasteiger partial charge >= 0.3 is 5.97 Å². The lowest BCUT2D eigenvalue weighted by atomic mass is 9.85. The molecule has 0 amide bonds. The van der Waals surface area contributed by atoms with Gasteiger partial charge in [-0.1, -0.05) is 6.42 Å². The minimum Gasteiger partial charge on any atom is -0.481 e. The summed E-state index contributed by atoms with van der Waals surface area (Å²) in [7, 11) is 0. The van der Waals surface area contributed by atoms with Crippen molar-refractivity contribution < 1.29 is 14.8 Å². The molecule has 1 aliphatic carbocycles. The Kier molecular flexibility index (Phi) is 3.42. The third-order valence-corrected chi connectivity index (χ3v) is 3.87. The molecule has 1 fully saturated rings. The molecule has 1 aliphatic rings. The second-order valence-electron chi connectivity index (χ2n) is 5.12. The maximum atomic E-state index is 11.3. The van der Waals surface area contributed by atoms with Crippen molar-refractivity contribution in [3.8, 4) is 0 Å². The number of anilines is 1. The summed E-state index contributed by atoms with van der Waals surface area (Å²) in [5, 5.41) is 23.0. The average molecular weight is 264 g/mol. The molecule has 0 spiro atoms. The number of hydrogen-bond donors (Lipinski definition) is 2. The standard InChI is InChI=1S/C13H16N2O4/c1-13(12(16)17)8-2-3-11(13)14-9-4-6-10(7-5-9)15(18)19/h4-7,11,14H,2-3,8H2,1H3,(H,16,17). The quantitative estimate of drug-likeness (QED) is 0.644. The van der Waals surface area contributed by atoms with Crippen LogP contribution in [0.1, 0.15) is 26.2 Å². The Hall–Kier alpha value is -2.11. The van der Waals surface area contributed by atoms with Gasteiger partial charge in [0.1, 0.15) is 0 Å². The van der Waals surface area contributed by atoms with Gasteiger partial charge in [-0.2, -0.15) is 0 Å². The number of benzene rings is 1. The first-order valence-electron chi connectivity index (χ1n) is 6.18. The lowest BCUT2D eigenvalue weighted by Crippen LogP contribution is -2.40. The fourth-order valence-corrected chi connectivity index (χ4v) is 2.53. The summed E-state index contributed by atoms with van der Waals surface area (Å²) >= 11 is 0. The number of carboxylic acid groups (broad SMARTS) is 1. The maximum Gasteiger partial charge on any atom is 0.311 e. The lowest BCUT2D eigenvalue weighted by Gasteiger charge is -2.28. The summed E-state index contributed by atoms with van der Waals surface area (Å²) in [4.78, 5) is 21.4. The highest BCUT2D eigenvalue weighted by Crippen LogP contribution is 2.40. The summed E-state index contributed by atoms with van der Waals surface area (Å²) in [6.45, 7) is 1.74. The van der Waals surface area contributed by atoms with Crippen LogP contribution in [0.4, 0.5) is 11.4 Å². The van der Waals surface area contributed by atoms with Crippen LogP contribution in [0.25, 0.3) is 0 Å². The molecule has 0 radical (unpaired) electrons. The molecule has 1 aromatic rings. The van der Waals surface area contributed by atoms with Gasteiger partial charge in [-0.3, -0.25) is 14.9 Å². The first-order valence-corrected chi connectivity index (χ1v) is 6.18. The Balaban J connectivity index is 2.12. The van der Waals surface area contributed by atoms with Gasteiger partial charge in [0.15, 0.2) is 0 Å². The Morgan fingerprint density at radius 1 is 1.47 bits per heavy atom. The molecule has 2 unspecified atom stereocenters. The SMILES string of the molecule is CC1(C(=O)O)CCCC1Nc1ccc([N+](=O)[O-])cc1. The van der Waals surface area contributed by atoms with Crippen LogP contribution in [-0.2, 0) is 4.79 Å². The Labute approximate surface area is 110 Å². The monoisotopic (exact) mass is 264 g/mol. The van der Waals surface area contributed by atoms with Crippen LogP contribution in [-0.4, -0.2) is 22.0 Å².